The number of nitrogens with zero attached hydrogens (tertiary/aromatic N) is 1. The number of carbonyl (C=O) groups excluding carboxylic acids is 1. The van der Waals surface area contributed by atoms with Gasteiger partial charge >= 0.3 is 0 Å². The molecule has 1 aromatic heterocycles. The lowest BCUT2D eigenvalue weighted by Crippen LogP contribution is -2.30. The number of carbonyl (C=O) groups is 1. The van der Waals surface area contributed by atoms with E-state index in [1.165, 1.54) is 31.4 Å². The molecule has 0 saturated heterocycles. The van der Waals surface area contributed by atoms with Crippen molar-refractivity contribution in [1.82, 2.24) is 4.57 Å². The Morgan fingerprint density at radius 3 is 2.35 bits per heavy atom. The second-order valence-corrected chi connectivity index (χ2v) is 8.42. The van der Waals surface area contributed by atoms with Crippen LogP contribution in [0.4, 0.5) is 0 Å². The fourth-order valence-corrected chi connectivity index (χ4v) is 3.97. The fourth-order valence-electron chi connectivity index (χ4n) is 3.97. The lowest BCUT2D eigenvalue weighted by molar-refractivity contribution is 0.0907. The first-order valence-electron chi connectivity index (χ1n) is 8.00. The van der Waals surface area contributed by atoms with Gasteiger partial charge < -0.3 is 4.57 Å². The molecule has 0 radical (unpaired) electrons. The number of rotatable bonds is 1. The minimum Gasteiger partial charge on any atom is -0.348 e. The summed E-state index contributed by atoms with van der Waals surface area (Å²) < 4.78 is 2.43. The predicted molar refractivity (Wildman–Crippen MR) is 82.2 cm³/mol. The third kappa shape index (κ3) is 2.45. The minimum atomic E-state index is 0.119. The second-order valence-electron chi connectivity index (χ2n) is 8.42. The topological polar surface area (TPSA) is 22.0 Å². The predicted octanol–water partition coefficient (Wildman–Crippen LogP) is 4.78. The molecule has 2 aliphatic rings. The van der Waals surface area contributed by atoms with Crippen molar-refractivity contribution in [2.24, 2.45) is 10.8 Å². The quantitative estimate of drug-likeness (QED) is 0.721. The summed E-state index contributed by atoms with van der Waals surface area (Å²) in [6.07, 6.45) is 9.00. The minimum absolute atomic E-state index is 0.119. The molecule has 3 rings (SSSR count). The first-order valence-corrected chi connectivity index (χ1v) is 8.00. The van der Waals surface area contributed by atoms with Gasteiger partial charge in [0.15, 0.2) is 5.78 Å². The molecule has 0 unspecified atom stereocenters. The van der Waals surface area contributed by atoms with Gasteiger partial charge in [-0.15, -0.1) is 0 Å². The van der Waals surface area contributed by atoms with Crippen LogP contribution < -0.4 is 0 Å². The molecule has 20 heavy (non-hydrogen) atoms. The third-order valence-corrected chi connectivity index (χ3v) is 5.31. The Kier molecular flexibility index (Phi) is 3.11. The second kappa shape index (κ2) is 4.47. The van der Waals surface area contributed by atoms with Crippen LogP contribution in [-0.2, 0) is 6.42 Å². The Hall–Kier alpha value is -1.05. The van der Waals surface area contributed by atoms with Gasteiger partial charge in [0.1, 0.15) is 0 Å². The van der Waals surface area contributed by atoms with Crippen molar-refractivity contribution in [3.8, 4) is 0 Å². The molecular formula is C18H27NO. The van der Waals surface area contributed by atoms with E-state index in [-0.39, 0.29) is 5.41 Å². The summed E-state index contributed by atoms with van der Waals surface area (Å²) in [6.45, 7) is 9.19. The molecule has 2 nitrogen and oxygen atoms in total. The first kappa shape index (κ1) is 13.9. The first-order chi connectivity index (χ1) is 9.27. The highest BCUT2D eigenvalue weighted by Crippen LogP contribution is 2.43. The van der Waals surface area contributed by atoms with E-state index < -0.39 is 0 Å². The van der Waals surface area contributed by atoms with Crippen molar-refractivity contribution in [3.05, 3.63) is 23.5 Å². The zero-order valence-electron chi connectivity index (χ0n) is 13.3. The van der Waals surface area contributed by atoms with Crippen molar-refractivity contribution in [2.45, 2.75) is 72.3 Å². The molecule has 1 saturated carbocycles. The van der Waals surface area contributed by atoms with Crippen LogP contribution in [0.1, 0.15) is 81.9 Å². The highest BCUT2D eigenvalue weighted by molar-refractivity contribution is 5.98. The van der Waals surface area contributed by atoms with E-state index in [0.29, 0.717) is 23.7 Å². The van der Waals surface area contributed by atoms with Crippen molar-refractivity contribution < 1.29 is 4.79 Å². The van der Waals surface area contributed by atoms with Crippen LogP contribution in [0, 0.1) is 10.8 Å². The number of ketones is 1. The summed E-state index contributed by atoms with van der Waals surface area (Å²) in [5, 5.41) is 0. The number of hydrogen-bond acceptors (Lipinski definition) is 1. The van der Waals surface area contributed by atoms with Crippen LogP contribution in [0.25, 0.3) is 0 Å². The van der Waals surface area contributed by atoms with Crippen LogP contribution >= 0.6 is 0 Å². The molecule has 1 heterocycles. The van der Waals surface area contributed by atoms with Gasteiger partial charge in [0.2, 0.25) is 0 Å². The third-order valence-electron chi connectivity index (χ3n) is 5.31. The van der Waals surface area contributed by atoms with Crippen molar-refractivity contribution >= 4 is 5.78 Å². The molecule has 2 heteroatoms. The number of aromatic nitrogens is 1. The maximum Gasteiger partial charge on any atom is 0.165 e. The molecule has 0 bridgehead atoms. The summed E-state index contributed by atoms with van der Waals surface area (Å²) in [7, 11) is 0. The highest BCUT2D eigenvalue weighted by Gasteiger charge is 2.35. The maximum atomic E-state index is 12.3. The molecular weight excluding hydrogens is 246 g/mol. The summed E-state index contributed by atoms with van der Waals surface area (Å²) >= 11 is 0. The molecule has 0 aliphatic heterocycles. The van der Waals surface area contributed by atoms with Crippen LogP contribution in [0.2, 0.25) is 0 Å². The van der Waals surface area contributed by atoms with Gasteiger partial charge in [0.05, 0.1) is 0 Å². The molecule has 2 aliphatic carbocycles. The molecule has 0 atom stereocenters. The number of fused-ring (bicyclic) bond motifs is 1. The van der Waals surface area contributed by atoms with E-state index in [9.17, 15) is 4.79 Å². The highest BCUT2D eigenvalue weighted by atomic mass is 16.1. The summed E-state index contributed by atoms with van der Waals surface area (Å²) in [6, 6.07) is 2.67. The molecule has 0 aromatic carbocycles. The van der Waals surface area contributed by atoms with Crippen molar-refractivity contribution in [1.29, 1.82) is 0 Å². The Morgan fingerprint density at radius 2 is 1.70 bits per heavy atom. The smallest absolute Gasteiger partial charge is 0.165 e. The molecule has 1 aromatic rings. The number of Topliss-reactive ketones (excluding diaryl/α,β-unsaturated/α-hetero) is 1. The average Bonchev–Trinajstić information content (AvgIpc) is 2.71. The zero-order chi connectivity index (χ0) is 14.5. The Labute approximate surface area is 122 Å². The van der Waals surface area contributed by atoms with Gasteiger partial charge in [0.25, 0.3) is 0 Å². The van der Waals surface area contributed by atoms with Crippen molar-refractivity contribution in [2.75, 3.05) is 0 Å². The average molecular weight is 273 g/mol. The zero-order valence-corrected chi connectivity index (χ0v) is 13.3. The summed E-state index contributed by atoms with van der Waals surface area (Å²) in [5.74, 6) is 0.339. The molecule has 0 N–H and O–H groups in total. The lowest BCUT2D eigenvalue weighted by Gasteiger charge is -2.37. The van der Waals surface area contributed by atoms with Gasteiger partial charge in [-0.05, 0) is 49.0 Å². The summed E-state index contributed by atoms with van der Waals surface area (Å²) in [4.78, 5) is 12.3. The van der Waals surface area contributed by atoms with Gasteiger partial charge in [-0.3, -0.25) is 4.79 Å². The van der Waals surface area contributed by atoms with Gasteiger partial charge in [0, 0.05) is 29.9 Å². The van der Waals surface area contributed by atoms with E-state index in [2.05, 4.69) is 44.5 Å². The van der Waals surface area contributed by atoms with Crippen LogP contribution in [-0.4, -0.2) is 10.4 Å². The van der Waals surface area contributed by atoms with Crippen LogP contribution in [0.3, 0.4) is 0 Å². The van der Waals surface area contributed by atoms with Gasteiger partial charge in [-0.2, -0.15) is 0 Å². The SMILES string of the molecule is CC1(C)CCC(n2ccc3c2CC(C)(C)CC3=O)CC1. The Bertz CT molecular complexity index is 526. The summed E-state index contributed by atoms with van der Waals surface area (Å²) in [5.41, 5.74) is 2.91. The number of hydrogen-bond donors (Lipinski definition) is 0. The lowest BCUT2D eigenvalue weighted by atomic mass is 9.74. The molecule has 0 amide bonds. The van der Waals surface area contributed by atoms with E-state index in [0.717, 1.165) is 12.0 Å². The van der Waals surface area contributed by atoms with E-state index in [4.69, 9.17) is 0 Å². The van der Waals surface area contributed by atoms with Crippen LogP contribution in [0.15, 0.2) is 12.3 Å². The van der Waals surface area contributed by atoms with Crippen LogP contribution in [0.5, 0.6) is 0 Å². The monoisotopic (exact) mass is 273 g/mol. The maximum absolute atomic E-state index is 12.3. The Balaban J connectivity index is 1.88. The fraction of sp³-hybridized carbons (Fsp3) is 0.722. The Morgan fingerprint density at radius 1 is 1.05 bits per heavy atom. The normalized spacial score (nSPS) is 25.5. The van der Waals surface area contributed by atoms with E-state index in [1.807, 2.05) is 0 Å². The van der Waals surface area contributed by atoms with Gasteiger partial charge in [-0.1, -0.05) is 27.7 Å². The molecule has 0 spiro atoms. The molecule has 1 fully saturated rings. The standard InChI is InChI=1S/C18H27NO/c1-17(2)8-5-13(6-9-17)19-10-7-14-15(19)11-18(3,4)12-16(14)20/h7,10,13H,5-6,8-9,11-12H2,1-4H3. The molecule has 110 valence electrons. The van der Waals surface area contributed by atoms with E-state index in [1.54, 1.807) is 0 Å². The van der Waals surface area contributed by atoms with Gasteiger partial charge in [-0.25, -0.2) is 0 Å². The largest absolute Gasteiger partial charge is 0.348 e. The van der Waals surface area contributed by atoms with E-state index >= 15 is 0 Å². The van der Waals surface area contributed by atoms with Crippen molar-refractivity contribution in [3.63, 3.8) is 0 Å².